The molecule has 1 N–H and O–H groups in total. The molecule has 0 aliphatic rings. The Morgan fingerprint density at radius 2 is 2.00 bits per heavy atom. The predicted molar refractivity (Wildman–Crippen MR) is 103 cm³/mol. The molecule has 0 aromatic heterocycles. The van der Waals surface area contributed by atoms with Gasteiger partial charge in [-0.25, -0.2) is 5.43 Å². The highest BCUT2D eigenvalue weighted by atomic mass is 35.5. The fourth-order valence-electron chi connectivity index (χ4n) is 2.38. The normalized spacial score (nSPS) is 11.1. The molecule has 0 atom stereocenters. The number of halogens is 1. The largest absolute Gasteiger partial charge is 0.489 e. The van der Waals surface area contributed by atoms with Crippen LogP contribution in [-0.4, -0.2) is 18.2 Å². The van der Waals surface area contributed by atoms with E-state index >= 15 is 0 Å². The number of carbonyl (C=O) groups is 1. The Morgan fingerprint density at radius 3 is 2.64 bits per heavy atom. The van der Waals surface area contributed by atoms with Gasteiger partial charge < -0.3 is 4.74 Å². The second-order valence-electron chi connectivity index (χ2n) is 6.26. The number of hydrazone groups is 1. The van der Waals surface area contributed by atoms with Crippen LogP contribution in [0.3, 0.4) is 0 Å². The summed E-state index contributed by atoms with van der Waals surface area (Å²) in [6, 6.07) is 11.4. The SMILES string of the molecule is Cc1ccc(CC(=O)N/N=C/c2ccc(OC(C)C)c(Cl)c2)c(C)c1. The first kappa shape index (κ1) is 19.0. The van der Waals surface area contributed by atoms with Crippen molar-refractivity contribution in [1.82, 2.24) is 5.43 Å². The first-order chi connectivity index (χ1) is 11.8. The van der Waals surface area contributed by atoms with Crippen LogP contribution in [0.2, 0.25) is 5.02 Å². The van der Waals surface area contributed by atoms with Crippen LogP contribution in [0, 0.1) is 13.8 Å². The monoisotopic (exact) mass is 358 g/mol. The summed E-state index contributed by atoms with van der Waals surface area (Å²) in [7, 11) is 0. The lowest BCUT2D eigenvalue weighted by Gasteiger charge is -2.11. The fourth-order valence-corrected chi connectivity index (χ4v) is 2.62. The molecule has 4 nitrogen and oxygen atoms in total. The number of benzene rings is 2. The van der Waals surface area contributed by atoms with Crippen LogP contribution in [-0.2, 0) is 11.2 Å². The van der Waals surface area contributed by atoms with Crippen molar-refractivity contribution in [1.29, 1.82) is 0 Å². The Kier molecular flexibility index (Phi) is 6.59. The Labute approximate surface area is 153 Å². The number of nitrogens with zero attached hydrogens (tertiary/aromatic N) is 1. The molecule has 0 aliphatic heterocycles. The van der Waals surface area contributed by atoms with E-state index in [1.807, 2.05) is 45.9 Å². The van der Waals surface area contributed by atoms with E-state index in [1.54, 1.807) is 18.3 Å². The highest BCUT2D eigenvalue weighted by Gasteiger charge is 2.06. The summed E-state index contributed by atoms with van der Waals surface area (Å²) in [4.78, 5) is 12.0. The van der Waals surface area contributed by atoms with Gasteiger partial charge in [0.25, 0.3) is 0 Å². The van der Waals surface area contributed by atoms with Gasteiger partial charge in [-0.15, -0.1) is 0 Å². The lowest BCUT2D eigenvalue weighted by Crippen LogP contribution is -2.20. The highest BCUT2D eigenvalue weighted by Crippen LogP contribution is 2.25. The van der Waals surface area contributed by atoms with Gasteiger partial charge >= 0.3 is 0 Å². The van der Waals surface area contributed by atoms with Gasteiger partial charge in [0.05, 0.1) is 23.8 Å². The number of hydrogen-bond acceptors (Lipinski definition) is 3. The minimum atomic E-state index is -0.158. The van der Waals surface area contributed by atoms with E-state index in [9.17, 15) is 4.79 Å². The average molecular weight is 359 g/mol. The molecule has 5 heteroatoms. The number of amides is 1. The van der Waals surface area contributed by atoms with Crippen molar-refractivity contribution in [2.45, 2.75) is 40.2 Å². The number of ether oxygens (including phenoxy) is 1. The number of aryl methyl sites for hydroxylation is 2. The summed E-state index contributed by atoms with van der Waals surface area (Å²) in [5, 5.41) is 4.51. The molecule has 25 heavy (non-hydrogen) atoms. The molecule has 0 heterocycles. The standard InChI is InChI=1S/C20H23ClN2O2/c1-13(2)25-19-8-6-16(10-18(19)21)12-22-23-20(24)11-17-7-5-14(3)9-15(17)4/h5-10,12-13H,11H2,1-4H3,(H,23,24)/b22-12+. The van der Waals surface area contributed by atoms with Gasteiger partial charge in [0.15, 0.2) is 0 Å². The molecular formula is C20H23ClN2O2. The third-order valence-corrected chi connectivity index (χ3v) is 3.87. The van der Waals surface area contributed by atoms with Crippen LogP contribution in [0.15, 0.2) is 41.5 Å². The van der Waals surface area contributed by atoms with E-state index in [4.69, 9.17) is 16.3 Å². The van der Waals surface area contributed by atoms with Crippen LogP contribution in [0.1, 0.15) is 36.1 Å². The van der Waals surface area contributed by atoms with Crippen molar-refractivity contribution in [3.8, 4) is 5.75 Å². The molecule has 0 saturated heterocycles. The zero-order chi connectivity index (χ0) is 18.4. The van der Waals surface area contributed by atoms with E-state index < -0.39 is 0 Å². The summed E-state index contributed by atoms with van der Waals surface area (Å²) in [5.74, 6) is 0.474. The quantitative estimate of drug-likeness (QED) is 0.613. The van der Waals surface area contributed by atoms with Crippen molar-refractivity contribution in [3.05, 3.63) is 63.7 Å². The van der Waals surface area contributed by atoms with Gasteiger partial charge in [-0.2, -0.15) is 5.10 Å². The fraction of sp³-hybridized carbons (Fsp3) is 0.300. The van der Waals surface area contributed by atoms with Crippen LogP contribution >= 0.6 is 11.6 Å². The molecule has 0 radical (unpaired) electrons. The molecule has 0 unspecified atom stereocenters. The van der Waals surface area contributed by atoms with E-state index in [1.165, 1.54) is 5.56 Å². The number of rotatable bonds is 6. The average Bonchev–Trinajstić information content (AvgIpc) is 2.52. The van der Waals surface area contributed by atoms with Gasteiger partial charge in [-0.1, -0.05) is 35.4 Å². The highest BCUT2D eigenvalue weighted by molar-refractivity contribution is 6.32. The molecule has 0 aliphatic carbocycles. The second kappa shape index (κ2) is 8.67. The lowest BCUT2D eigenvalue weighted by molar-refractivity contribution is -0.120. The van der Waals surface area contributed by atoms with Crippen LogP contribution in [0.25, 0.3) is 0 Å². The van der Waals surface area contributed by atoms with Crippen molar-refractivity contribution >= 4 is 23.7 Å². The zero-order valence-electron chi connectivity index (χ0n) is 15.0. The number of carbonyl (C=O) groups excluding carboxylic acids is 1. The topological polar surface area (TPSA) is 50.7 Å². The Bertz CT molecular complexity index is 785. The summed E-state index contributed by atoms with van der Waals surface area (Å²) >= 11 is 6.18. The first-order valence-corrected chi connectivity index (χ1v) is 8.57. The van der Waals surface area contributed by atoms with Gasteiger partial charge in [0, 0.05) is 0 Å². The summed E-state index contributed by atoms with van der Waals surface area (Å²) in [6.07, 6.45) is 1.91. The van der Waals surface area contributed by atoms with Gasteiger partial charge in [-0.3, -0.25) is 4.79 Å². The maximum atomic E-state index is 12.0. The Hall–Kier alpha value is -2.33. The van der Waals surface area contributed by atoms with Crippen molar-refractivity contribution in [2.24, 2.45) is 5.10 Å². The third kappa shape index (κ3) is 5.91. The summed E-state index contributed by atoms with van der Waals surface area (Å²) < 4.78 is 5.58. The smallest absolute Gasteiger partial charge is 0.244 e. The molecule has 0 fully saturated rings. The van der Waals surface area contributed by atoms with Gasteiger partial charge in [-0.05, 0) is 62.6 Å². The number of nitrogens with one attached hydrogen (secondary N) is 1. The van der Waals surface area contributed by atoms with E-state index in [2.05, 4.69) is 16.6 Å². The van der Waals surface area contributed by atoms with E-state index in [0.717, 1.165) is 16.7 Å². The molecule has 2 rings (SSSR count). The lowest BCUT2D eigenvalue weighted by atomic mass is 10.0. The Morgan fingerprint density at radius 1 is 1.24 bits per heavy atom. The molecule has 0 bridgehead atoms. The molecule has 2 aromatic carbocycles. The first-order valence-electron chi connectivity index (χ1n) is 8.19. The Balaban J connectivity index is 1.94. The van der Waals surface area contributed by atoms with Crippen molar-refractivity contribution in [3.63, 3.8) is 0 Å². The minimum Gasteiger partial charge on any atom is -0.489 e. The van der Waals surface area contributed by atoms with Crippen LogP contribution < -0.4 is 10.2 Å². The van der Waals surface area contributed by atoms with Crippen molar-refractivity contribution < 1.29 is 9.53 Å². The maximum absolute atomic E-state index is 12.0. The predicted octanol–water partition coefficient (Wildman–Crippen LogP) is 4.44. The molecule has 1 amide bonds. The van der Waals surface area contributed by atoms with Crippen LogP contribution in [0.5, 0.6) is 5.75 Å². The van der Waals surface area contributed by atoms with Crippen molar-refractivity contribution in [2.75, 3.05) is 0 Å². The maximum Gasteiger partial charge on any atom is 0.244 e. The number of hydrogen-bond donors (Lipinski definition) is 1. The zero-order valence-corrected chi connectivity index (χ0v) is 15.7. The summed E-state index contributed by atoms with van der Waals surface area (Å²) in [6.45, 7) is 7.92. The molecular weight excluding hydrogens is 336 g/mol. The summed E-state index contributed by atoms with van der Waals surface area (Å²) in [5.41, 5.74) is 6.61. The third-order valence-electron chi connectivity index (χ3n) is 3.57. The van der Waals surface area contributed by atoms with Gasteiger partial charge in [0.2, 0.25) is 5.91 Å². The van der Waals surface area contributed by atoms with E-state index in [-0.39, 0.29) is 12.0 Å². The minimum absolute atomic E-state index is 0.0570. The molecule has 2 aromatic rings. The van der Waals surface area contributed by atoms with Gasteiger partial charge in [0.1, 0.15) is 5.75 Å². The molecule has 0 spiro atoms. The second-order valence-corrected chi connectivity index (χ2v) is 6.66. The van der Waals surface area contributed by atoms with Crippen LogP contribution in [0.4, 0.5) is 0 Å². The molecule has 0 saturated carbocycles. The molecule has 132 valence electrons. The van der Waals surface area contributed by atoms with E-state index in [0.29, 0.717) is 17.2 Å².